The summed E-state index contributed by atoms with van der Waals surface area (Å²) >= 11 is 3.48. The summed E-state index contributed by atoms with van der Waals surface area (Å²) in [5.41, 5.74) is 3.71. The second-order valence-electron chi connectivity index (χ2n) is 5.08. The first kappa shape index (κ1) is 13.9. The Kier molecular flexibility index (Phi) is 3.80. The zero-order valence-corrected chi connectivity index (χ0v) is 13.2. The number of nitrogens with one attached hydrogen (secondary N) is 2. The van der Waals surface area contributed by atoms with E-state index < -0.39 is 0 Å². The number of H-pyrrole nitrogens is 1. The van der Waals surface area contributed by atoms with E-state index in [0.717, 1.165) is 26.6 Å². The van der Waals surface area contributed by atoms with E-state index in [1.807, 2.05) is 49.4 Å². The Morgan fingerprint density at radius 2 is 1.95 bits per heavy atom. The van der Waals surface area contributed by atoms with Crippen molar-refractivity contribution in [2.45, 2.75) is 13.5 Å². The quantitative estimate of drug-likeness (QED) is 0.748. The molecule has 3 rings (SSSR count). The zero-order valence-electron chi connectivity index (χ0n) is 11.6. The van der Waals surface area contributed by atoms with Crippen LogP contribution in [0.1, 0.15) is 11.1 Å². The molecular formula is C17H15BrN2O. The zero-order chi connectivity index (χ0) is 14.8. The van der Waals surface area contributed by atoms with E-state index in [1.54, 1.807) is 0 Å². The van der Waals surface area contributed by atoms with Gasteiger partial charge in [-0.3, -0.25) is 4.79 Å². The van der Waals surface area contributed by atoms with Crippen molar-refractivity contribution >= 4 is 32.5 Å². The van der Waals surface area contributed by atoms with Gasteiger partial charge in [-0.25, -0.2) is 0 Å². The SMILES string of the molecule is Cc1cc(Br)cc(NCc2cc3ccccc3[nH]c2=O)c1. The number of hydrogen-bond donors (Lipinski definition) is 2. The number of hydrogen-bond acceptors (Lipinski definition) is 2. The van der Waals surface area contributed by atoms with E-state index in [1.165, 1.54) is 5.56 Å². The predicted octanol–water partition coefficient (Wildman–Crippen LogP) is 4.21. The van der Waals surface area contributed by atoms with Gasteiger partial charge in [0.05, 0.1) is 0 Å². The van der Waals surface area contributed by atoms with Crippen LogP contribution in [0.15, 0.2) is 57.8 Å². The fourth-order valence-electron chi connectivity index (χ4n) is 2.36. The molecule has 3 nitrogen and oxygen atoms in total. The maximum absolute atomic E-state index is 12.1. The molecule has 4 heteroatoms. The van der Waals surface area contributed by atoms with E-state index in [2.05, 4.69) is 32.3 Å². The molecule has 0 radical (unpaired) electrons. The highest BCUT2D eigenvalue weighted by atomic mass is 79.9. The molecule has 1 heterocycles. The van der Waals surface area contributed by atoms with Crippen LogP contribution in [-0.4, -0.2) is 4.98 Å². The number of aromatic nitrogens is 1. The Bertz CT molecular complexity index is 835. The Morgan fingerprint density at radius 1 is 1.14 bits per heavy atom. The van der Waals surface area contributed by atoms with Crippen LogP contribution in [0, 0.1) is 6.92 Å². The van der Waals surface area contributed by atoms with Crippen molar-refractivity contribution in [3.63, 3.8) is 0 Å². The molecule has 0 bridgehead atoms. The highest BCUT2D eigenvalue weighted by molar-refractivity contribution is 9.10. The smallest absolute Gasteiger partial charge is 0.253 e. The van der Waals surface area contributed by atoms with Crippen LogP contribution in [0.3, 0.4) is 0 Å². The van der Waals surface area contributed by atoms with Crippen LogP contribution in [0.5, 0.6) is 0 Å². The van der Waals surface area contributed by atoms with Gasteiger partial charge in [0.1, 0.15) is 0 Å². The first-order valence-corrected chi connectivity index (χ1v) is 7.53. The molecule has 0 fully saturated rings. The molecule has 0 spiro atoms. The molecular weight excluding hydrogens is 328 g/mol. The molecule has 0 saturated carbocycles. The normalized spacial score (nSPS) is 10.8. The summed E-state index contributed by atoms with van der Waals surface area (Å²) in [6, 6.07) is 15.8. The number of rotatable bonds is 3. The van der Waals surface area contributed by atoms with Crippen molar-refractivity contribution in [2.75, 3.05) is 5.32 Å². The molecule has 21 heavy (non-hydrogen) atoms. The van der Waals surface area contributed by atoms with Crippen molar-refractivity contribution in [3.05, 3.63) is 74.5 Å². The van der Waals surface area contributed by atoms with Gasteiger partial charge in [-0.1, -0.05) is 34.1 Å². The molecule has 0 aliphatic carbocycles. The first-order chi connectivity index (χ1) is 10.1. The van der Waals surface area contributed by atoms with Crippen molar-refractivity contribution in [1.29, 1.82) is 0 Å². The molecule has 3 aromatic rings. The van der Waals surface area contributed by atoms with Gasteiger partial charge in [0.25, 0.3) is 5.56 Å². The van der Waals surface area contributed by atoms with Gasteiger partial charge in [0.15, 0.2) is 0 Å². The van der Waals surface area contributed by atoms with E-state index in [4.69, 9.17) is 0 Å². The lowest BCUT2D eigenvalue weighted by Gasteiger charge is -2.08. The molecule has 0 atom stereocenters. The fourth-order valence-corrected chi connectivity index (χ4v) is 2.97. The largest absolute Gasteiger partial charge is 0.381 e. The van der Waals surface area contributed by atoms with Crippen molar-refractivity contribution < 1.29 is 0 Å². The van der Waals surface area contributed by atoms with Crippen LogP contribution in [0.25, 0.3) is 10.9 Å². The van der Waals surface area contributed by atoms with E-state index in [-0.39, 0.29) is 5.56 Å². The lowest BCUT2D eigenvalue weighted by Crippen LogP contribution is -2.15. The lowest BCUT2D eigenvalue weighted by atomic mass is 10.1. The van der Waals surface area contributed by atoms with Gasteiger partial charge in [-0.05, 0) is 48.2 Å². The monoisotopic (exact) mass is 342 g/mol. The molecule has 0 saturated heterocycles. The number of anilines is 1. The van der Waals surface area contributed by atoms with Crippen molar-refractivity contribution in [3.8, 4) is 0 Å². The maximum Gasteiger partial charge on any atom is 0.253 e. The standard InChI is InChI=1S/C17H15BrN2O/c1-11-6-14(18)9-15(7-11)19-10-13-8-12-4-2-3-5-16(12)20-17(13)21/h2-9,19H,10H2,1H3,(H,20,21). The van der Waals surface area contributed by atoms with Crippen molar-refractivity contribution in [1.82, 2.24) is 4.98 Å². The van der Waals surface area contributed by atoms with Crippen LogP contribution in [0.4, 0.5) is 5.69 Å². The summed E-state index contributed by atoms with van der Waals surface area (Å²) < 4.78 is 1.03. The molecule has 1 aromatic heterocycles. The second-order valence-corrected chi connectivity index (χ2v) is 6.00. The third-order valence-electron chi connectivity index (χ3n) is 3.36. The predicted molar refractivity (Wildman–Crippen MR) is 90.8 cm³/mol. The van der Waals surface area contributed by atoms with Gasteiger partial charge < -0.3 is 10.3 Å². The number of pyridine rings is 1. The van der Waals surface area contributed by atoms with E-state index in [0.29, 0.717) is 6.54 Å². The van der Waals surface area contributed by atoms with Gasteiger partial charge in [-0.2, -0.15) is 0 Å². The summed E-state index contributed by atoms with van der Waals surface area (Å²) in [6.07, 6.45) is 0. The molecule has 2 N–H and O–H groups in total. The number of aryl methyl sites for hydroxylation is 1. The number of benzene rings is 2. The number of fused-ring (bicyclic) bond motifs is 1. The minimum atomic E-state index is -0.0482. The Hall–Kier alpha value is -2.07. The van der Waals surface area contributed by atoms with E-state index in [9.17, 15) is 4.79 Å². The number of halogens is 1. The topological polar surface area (TPSA) is 44.9 Å². The third-order valence-corrected chi connectivity index (χ3v) is 3.81. The average molecular weight is 343 g/mol. The Labute approximate surface area is 131 Å². The van der Waals surface area contributed by atoms with Gasteiger partial charge in [0.2, 0.25) is 0 Å². The highest BCUT2D eigenvalue weighted by Gasteiger charge is 2.03. The summed E-state index contributed by atoms with van der Waals surface area (Å²) in [5, 5.41) is 4.34. The minimum Gasteiger partial charge on any atom is -0.381 e. The van der Waals surface area contributed by atoms with Gasteiger partial charge >= 0.3 is 0 Å². The third kappa shape index (κ3) is 3.16. The molecule has 0 unspecified atom stereocenters. The number of aromatic amines is 1. The summed E-state index contributed by atoms with van der Waals surface area (Å²) in [6.45, 7) is 2.54. The molecule has 0 aliphatic heterocycles. The summed E-state index contributed by atoms with van der Waals surface area (Å²) in [7, 11) is 0. The summed E-state index contributed by atoms with van der Waals surface area (Å²) in [5.74, 6) is 0. The lowest BCUT2D eigenvalue weighted by molar-refractivity contribution is 1.09. The van der Waals surface area contributed by atoms with Crippen molar-refractivity contribution in [2.24, 2.45) is 0 Å². The minimum absolute atomic E-state index is 0.0482. The second kappa shape index (κ2) is 5.74. The highest BCUT2D eigenvalue weighted by Crippen LogP contribution is 2.19. The molecule has 2 aromatic carbocycles. The molecule has 106 valence electrons. The Balaban J connectivity index is 1.88. The average Bonchev–Trinajstić information content (AvgIpc) is 2.44. The fraction of sp³-hybridized carbons (Fsp3) is 0.118. The van der Waals surface area contributed by atoms with Crippen LogP contribution >= 0.6 is 15.9 Å². The first-order valence-electron chi connectivity index (χ1n) is 6.74. The maximum atomic E-state index is 12.1. The Morgan fingerprint density at radius 3 is 2.76 bits per heavy atom. The van der Waals surface area contributed by atoms with Gasteiger partial charge in [-0.15, -0.1) is 0 Å². The van der Waals surface area contributed by atoms with Crippen LogP contribution < -0.4 is 10.9 Å². The molecule has 0 amide bonds. The molecule has 0 aliphatic rings. The van der Waals surface area contributed by atoms with Crippen LogP contribution in [-0.2, 0) is 6.54 Å². The van der Waals surface area contributed by atoms with Gasteiger partial charge in [0, 0.05) is 27.8 Å². The summed E-state index contributed by atoms with van der Waals surface area (Å²) in [4.78, 5) is 15.0. The number of para-hydroxylation sites is 1. The van der Waals surface area contributed by atoms with Crippen LogP contribution in [0.2, 0.25) is 0 Å². The van der Waals surface area contributed by atoms with E-state index >= 15 is 0 Å².